The topological polar surface area (TPSA) is 43.4 Å². The SMILES string of the molecule is [C-]#[N+]C1=C(C)N(c2cccc(C(F)(F)F)c2)C(=S)NC1c1ccc(C#N)cc1. The first kappa shape index (κ1) is 19.4. The molecule has 0 amide bonds. The highest BCUT2D eigenvalue weighted by Gasteiger charge is 2.34. The third kappa shape index (κ3) is 3.55. The molecule has 0 spiro atoms. The molecule has 0 bridgehead atoms. The Kier molecular flexibility index (Phi) is 5.08. The van der Waals surface area contributed by atoms with E-state index in [4.69, 9.17) is 24.1 Å². The van der Waals surface area contributed by atoms with E-state index in [1.165, 1.54) is 17.0 Å². The first-order valence-corrected chi connectivity index (χ1v) is 8.53. The van der Waals surface area contributed by atoms with Crippen molar-refractivity contribution in [3.63, 3.8) is 0 Å². The Morgan fingerprint density at radius 2 is 1.89 bits per heavy atom. The smallest absolute Gasteiger partial charge is 0.360 e. The van der Waals surface area contributed by atoms with Crippen molar-refractivity contribution in [2.75, 3.05) is 4.90 Å². The van der Waals surface area contributed by atoms with E-state index in [1.54, 1.807) is 31.2 Å². The van der Waals surface area contributed by atoms with Crippen LogP contribution in [0.1, 0.15) is 29.7 Å². The lowest BCUT2D eigenvalue weighted by molar-refractivity contribution is -0.137. The van der Waals surface area contributed by atoms with Crippen molar-refractivity contribution in [1.29, 1.82) is 5.26 Å². The van der Waals surface area contributed by atoms with Gasteiger partial charge in [0.1, 0.15) is 0 Å². The number of rotatable bonds is 2. The van der Waals surface area contributed by atoms with E-state index in [0.29, 0.717) is 17.0 Å². The number of nitrogens with zero attached hydrogens (tertiary/aromatic N) is 3. The van der Waals surface area contributed by atoms with Gasteiger partial charge in [0.15, 0.2) is 5.11 Å². The molecule has 4 nitrogen and oxygen atoms in total. The molecule has 3 rings (SSSR count). The number of benzene rings is 2. The number of thiocarbonyl (C=S) groups is 1. The molecule has 8 heteroatoms. The van der Waals surface area contributed by atoms with Crippen molar-refractivity contribution in [1.82, 2.24) is 5.32 Å². The summed E-state index contributed by atoms with van der Waals surface area (Å²) in [5, 5.41) is 12.2. The predicted molar refractivity (Wildman–Crippen MR) is 103 cm³/mol. The normalized spacial score (nSPS) is 17.0. The molecule has 1 aliphatic rings. The number of alkyl halides is 3. The van der Waals surface area contributed by atoms with Crippen molar-refractivity contribution < 1.29 is 13.2 Å². The molecule has 0 fully saturated rings. The summed E-state index contributed by atoms with van der Waals surface area (Å²) >= 11 is 5.39. The van der Waals surface area contributed by atoms with Gasteiger partial charge in [-0.3, -0.25) is 0 Å². The molecule has 0 saturated heterocycles. The van der Waals surface area contributed by atoms with E-state index in [9.17, 15) is 13.2 Å². The van der Waals surface area contributed by atoms with E-state index in [-0.39, 0.29) is 10.8 Å². The summed E-state index contributed by atoms with van der Waals surface area (Å²) in [6, 6.07) is 13.0. The summed E-state index contributed by atoms with van der Waals surface area (Å²) in [4.78, 5) is 5.02. The highest BCUT2D eigenvalue weighted by Crippen LogP contribution is 2.37. The molecule has 0 aliphatic carbocycles. The lowest BCUT2D eigenvalue weighted by Gasteiger charge is -2.36. The zero-order valence-corrected chi connectivity index (χ0v) is 15.4. The number of halogens is 3. The second kappa shape index (κ2) is 7.34. The number of hydrogen-bond donors (Lipinski definition) is 1. The molecule has 28 heavy (non-hydrogen) atoms. The minimum atomic E-state index is -4.48. The van der Waals surface area contributed by atoms with Gasteiger partial charge in [0.05, 0.1) is 29.8 Å². The minimum Gasteiger partial charge on any atom is -0.360 e. The second-order valence-electron chi connectivity index (χ2n) is 6.08. The van der Waals surface area contributed by atoms with Gasteiger partial charge in [0.2, 0.25) is 5.70 Å². The van der Waals surface area contributed by atoms with E-state index in [1.807, 2.05) is 6.07 Å². The fourth-order valence-electron chi connectivity index (χ4n) is 3.00. The number of hydrogen-bond acceptors (Lipinski definition) is 2. The molecule has 1 heterocycles. The van der Waals surface area contributed by atoms with Crippen LogP contribution < -0.4 is 10.2 Å². The number of nitrogens with one attached hydrogen (secondary N) is 1. The highest BCUT2D eigenvalue weighted by atomic mass is 32.1. The standard InChI is InChI=1S/C20H13F3N4S/c1-12-17(25-2)18(14-8-6-13(11-24)7-9-14)26-19(28)27(12)16-5-3-4-15(10-16)20(21,22)23/h3-10,18H,1H3,(H,26,28). The van der Waals surface area contributed by atoms with Crippen LogP contribution in [0.5, 0.6) is 0 Å². The van der Waals surface area contributed by atoms with Crippen LogP contribution in [0.3, 0.4) is 0 Å². The summed E-state index contributed by atoms with van der Waals surface area (Å²) in [5.74, 6) is 0. The number of nitriles is 1. The summed E-state index contributed by atoms with van der Waals surface area (Å²) in [6.45, 7) is 9.22. The van der Waals surface area contributed by atoms with Gasteiger partial charge < -0.3 is 10.2 Å². The van der Waals surface area contributed by atoms with Crippen molar-refractivity contribution in [2.24, 2.45) is 0 Å². The van der Waals surface area contributed by atoms with Gasteiger partial charge in [-0.15, -0.1) is 0 Å². The Morgan fingerprint density at radius 3 is 2.46 bits per heavy atom. The predicted octanol–water partition coefficient (Wildman–Crippen LogP) is 5.16. The average Bonchev–Trinajstić information content (AvgIpc) is 2.67. The van der Waals surface area contributed by atoms with Gasteiger partial charge in [-0.1, -0.05) is 18.2 Å². The van der Waals surface area contributed by atoms with Crippen LogP contribution in [0.25, 0.3) is 4.85 Å². The molecule has 2 aromatic carbocycles. The molecule has 0 radical (unpaired) electrons. The first-order valence-electron chi connectivity index (χ1n) is 8.12. The summed E-state index contributed by atoms with van der Waals surface area (Å²) in [5.41, 5.74) is 1.42. The molecule has 0 aromatic heterocycles. The second-order valence-corrected chi connectivity index (χ2v) is 6.47. The number of anilines is 1. The van der Waals surface area contributed by atoms with Gasteiger partial charge in [0, 0.05) is 11.4 Å². The van der Waals surface area contributed by atoms with E-state index >= 15 is 0 Å². The van der Waals surface area contributed by atoms with Crippen LogP contribution in [0, 0.1) is 17.9 Å². The zero-order valence-electron chi connectivity index (χ0n) is 14.6. The monoisotopic (exact) mass is 398 g/mol. The van der Waals surface area contributed by atoms with Crippen molar-refractivity contribution in [3.8, 4) is 6.07 Å². The van der Waals surface area contributed by atoms with Crippen LogP contribution in [-0.2, 0) is 6.18 Å². The molecular formula is C20H13F3N4S. The Morgan fingerprint density at radius 1 is 1.21 bits per heavy atom. The Labute approximate surface area is 165 Å². The molecule has 1 atom stereocenters. The molecule has 1 unspecified atom stereocenters. The van der Waals surface area contributed by atoms with Gasteiger partial charge >= 0.3 is 6.18 Å². The first-order chi connectivity index (χ1) is 13.3. The Balaban J connectivity index is 2.06. The van der Waals surface area contributed by atoms with Crippen molar-refractivity contribution >= 4 is 23.0 Å². The van der Waals surface area contributed by atoms with Crippen molar-refractivity contribution in [2.45, 2.75) is 19.1 Å². The third-order valence-electron chi connectivity index (χ3n) is 4.38. The van der Waals surface area contributed by atoms with E-state index < -0.39 is 17.8 Å². The molecule has 1 aliphatic heterocycles. The van der Waals surface area contributed by atoms with E-state index in [0.717, 1.165) is 17.7 Å². The van der Waals surface area contributed by atoms with Gasteiger partial charge in [-0.05, 0) is 55.0 Å². The molecule has 140 valence electrons. The van der Waals surface area contributed by atoms with E-state index in [2.05, 4.69) is 10.2 Å². The molecule has 0 saturated carbocycles. The van der Waals surface area contributed by atoms with Crippen LogP contribution in [0.2, 0.25) is 0 Å². The largest absolute Gasteiger partial charge is 0.416 e. The lowest BCUT2D eigenvalue weighted by Crippen LogP contribution is -2.46. The van der Waals surface area contributed by atoms with Crippen LogP contribution in [-0.4, -0.2) is 5.11 Å². The zero-order chi connectivity index (χ0) is 20.5. The Bertz CT molecular complexity index is 1040. The van der Waals surface area contributed by atoms with Gasteiger partial charge in [0.25, 0.3) is 0 Å². The summed E-state index contributed by atoms with van der Waals surface area (Å²) in [6.07, 6.45) is -4.48. The molecule has 1 N–H and O–H groups in total. The third-order valence-corrected chi connectivity index (χ3v) is 4.68. The quantitative estimate of drug-likeness (QED) is 0.560. The maximum atomic E-state index is 13.1. The lowest BCUT2D eigenvalue weighted by atomic mass is 9.99. The van der Waals surface area contributed by atoms with Crippen molar-refractivity contribution in [3.05, 3.63) is 88.0 Å². The van der Waals surface area contributed by atoms with Gasteiger partial charge in [-0.2, -0.15) is 18.4 Å². The fourth-order valence-corrected chi connectivity index (χ4v) is 3.36. The van der Waals surface area contributed by atoms with Crippen LogP contribution >= 0.6 is 12.2 Å². The Hall–Kier alpha value is -3.36. The summed E-state index contributed by atoms with van der Waals surface area (Å²) in [7, 11) is 0. The molecular weight excluding hydrogens is 385 g/mol. The summed E-state index contributed by atoms with van der Waals surface area (Å²) < 4.78 is 39.2. The number of allylic oxidation sites excluding steroid dienone is 1. The fraction of sp³-hybridized carbons (Fsp3) is 0.150. The maximum absolute atomic E-state index is 13.1. The average molecular weight is 398 g/mol. The van der Waals surface area contributed by atoms with Crippen LogP contribution in [0.15, 0.2) is 59.9 Å². The van der Waals surface area contributed by atoms with Crippen LogP contribution in [0.4, 0.5) is 18.9 Å². The maximum Gasteiger partial charge on any atom is 0.416 e. The van der Waals surface area contributed by atoms with Gasteiger partial charge in [-0.25, -0.2) is 4.85 Å². The minimum absolute atomic E-state index is 0.193. The molecule has 2 aromatic rings. The highest BCUT2D eigenvalue weighted by molar-refractivity contribution is 7.80.